The van der Waals surface area contributed by atoms with Gasteiger partial charge < -0.3 is 5.32 Å². The predicted molar refractivity (Wildman–Crippen MR) is 119 cm³/mol. The number of carbonyl (C=O) groups is 2. The van der Waals surface area contributed by atoms with Crippen LogP contribution in [-0.4, -0.2) is 24.9 Å². The molecule has 31 heavy (non-hydrogen) atoms. The molecule has 0 aliphatic carbocycles. The van der Waals surface area contributed by atoms with Crippen LogP contribution in [-0.2, 0) is 16.0 Å². The lowest BCUT2D eigenvalue weighted by atomic mass is 9.97. The van der Waals surface area contributed by atoms with E-state index in [0.717, 1.165) is 17.5 Å². The molecule has 6 heteroatoms. The highest BCUT2D eigenvalue weighted by molar-refractivity contribution is 6.10. The van der Waals surface area contributed by atoms with Crippen molar-refractivity contribution in [1.29, 1.82) is 0 Å². The number of nitrogens with one attached hydrogen (secondary N) is 2. The van der Waals surface area contributed by atoms with Gasteiger partial charge in [0.25, 0.3) is 0 Å². The maximum Gasteiger partial charge on any atom is 0.244 e. The molecule has 1 aliphatic heterocycles. The Bertz CT molecular complexity index is 1100. The zero-order chi connectivity index (χ0) is 21.8. The largest absolute Gasteiger partial charge is 0.323 e. The van der Waals surface area contributed by atoms with Gasteiger partial charge in [-0.15, -0.1) is 0 Å². The van der Waals surface area contributed by atoms with Crippen LogP contribution in [0.5, 0.6) is 0 Å². The summed E-state index contributed by atoms with van der Waals surface area (Å²) in [5.41, 5.74) is 4.16. The molecule has 3 aromatic rings. The maximum atomic E-state index is 13.9. The Morgan fingerprint density at radius 1 is 1.06 bits per heavy atom. The number of nitrogens with zero attached hydrogens (tertiary/aromatic N) is 1. The fourth-order valence-electron chi connectivity index (χ4n) is 3.80. The third kappa shape index (κ3) is 4.64. The minimum absolute atomic E-state index is 0.00166. The first kappa shape index (κ1) is 20.8. The van der Waals surface area contributed by atoms with Crippen molar-refractivity contribution in [3.63, 3.8) is 0 Å². The van der Waals surface area contributed by atoms with Crippen LogP contribution in [0, 0.1) is 5.82 Å². The van der Waals surface area contributed by atoms with Crippen molar-refractivity contribution in [3.8, 4) is 0 Å². The molecule has 0 spiro atoms. The first-order valence-electron chi connectivity index (χ1n) is 10.3. The van der Waals surface area contributed by atoms with E-state index in [4.69, 9.17) is 0 Å². The molecule has 5 nitrogen and oxygen atoms in total. The average Bonchev–Trinajstić information content (AvgIpc) is 2.79. The predicted octanol–water partition coefficient (Wildman–Crippen LogP) is 4.05. The quantitative estimate of drug-likeness (QED) is 0.636. The number of amides is 2. The van der Waals surface area contributed by atoms with E-state index in [1.165, 1.54) is 22.6 Å². The Hall–Kier alpha value is -3.51. The summed E-state index contributed by atoms with van der Waals surface area (Å²) in [5.74, 6) is -0.791. The van der Waals surface area contributed by atoms with Crippen molar-refractivity contribution in [2.75, 3.05) is 23.3 Å². The molecule has 0 bridgehead atoms. The molecule has 0 radical (unpaired) electrons. The summed E-state index contributed by atoms with van der Waals surface area (Å²) in [6.07, 6.45) is 0.924. The highest BCUT2D eigenvalue weighted by Crippen LogP contribution is 2.29. The molecule has 0 unspecified atom stereocenters. The first-order valence-corrected chi connectivity index (χ1v) is 10.3. The minimum Gasteiger partial charge on any atom is -0.323 e. The highest BCUT2D eigenvalue weighted by atomic mass is 19.1. The van der Waals surface area contributed by atoms with Gasteiger partial charge in [0.1, 0.15) is 12.4 Å². The van der Waals surface area contributed by atoms with Gasteiger partial charge in [-0.05, 0) is 47.4 Å². The Morgan fingerprint density at radius 2 is 1.84 bits per heavy atom. The van der Waals surface area contributed by atoms with Gasteiger partial charge in [-0.2, -0.15) is 0 Å². The SMILES string of the molecule is CCc1ccc([C@H](NCC(=O)N2CC(=O)Nc3ccccc32)c2cccc(F)c2)cc1. The number of benzene rings is 3. The third-order valence-electron chi connectivity index (χ3n) is 5.43. The molecule has 4 rings (SSSR count). The Kier molecular flexibility index (Phi) is 6.09. The van der Waals surface area contributed by atoms with Gasteiger partial charge >= 0.3 is 0 Å². The summed E-state index contributed by atoms with van der Waals surface area (Å²) in [5, 5.41) is 6.05. The minimum atomic E-state index is -0.362. The summed E-state index contributed by atoms with van der Waals surface area (Å²) in [6.45, 7) is 2.05. The van der Waals surface area contributed by atoms with Crippen molar-refractivity contribution in [2.45, 2.75) is 19.4 Å². The Morgan fingerprint density at radius 3 is 2.58 bits per heavy atom. The number of halogens is 1. The van der Waals surface area contributed by atoms with Crippen molar-refractivity contribution in [2.24, 2.45) is 0 Å². The van der Waals surface area contributed by atoms with Crippen LogP contribution in [0.2, 0.25) is 0 Å². The third-order valence-corrected chi connectivity index (χ3v) is 5.43. The van der Waals surface area contributed by atoms with Crippen LogP contribution >= 0.6 is 0 Å². The molecule has 2 N–H and O–H groups in total. The van der Waals surface area contributed by atoms with Gasteiger partial charge in [0.2, 0.25) is 11.8 Å². The lowest BCUT2D eigenvalue weighted by molar-refractivity contribution is -0.121. The average molecular weight is 417 g/mol. The standard InChI is InChI=1S/C25H24FN3O2/c1-2-17-10-12-18(13-11-17)25(19-6-5-7-20(26)14-19)27-15-24(31)29-16-23(30)28-21-8-3-4-9-22(21)29/h3-14,25,27H,2,15-16H2,1H3,(H,28,30)/t25-/m0/s1. The van der Waals surface area contributed by atoms with E-state index in [1.807, 2.05) is 42.5 Å². The molecule has 2 amide bonds. The molecule has 0 saturated carbocycles. The second-order valence-corrected chi connectivity index (χ2v) is 7.51. The van der Waals surface area contributed by atoms with Crippen molar-refractivity contribution in [1.82, 2.24) is 5.32 Å². The summed E-state index contributed by atoms with van der Waals surface area (Å²) < 4.78 is 13.9. The number of fused-ring (bicyclic) bond motifs is 1. The van der Waals surface area contributed by atoms with Gasteiger partial charge in [-0.1, -0.05) is 55.5 Å². The van der Waals surface area contributed by atoms with E-state index in [2.05, 4.69) is 17.6 Å². The lowest BCUT2D eigenvalue weighted by Crippen LogP contribution is -2.46. The molecule has 0 saturated heterocycles. The highest BCUT2D eigenvalue weighted by Gasteiger charge is 2.27. The van der Waals surface area contributed by atoms with Gasteiger partial charge in [0, 0.05) is 0 Å². The molecule has 1 aliphatic rings. The van der Waals surface area contributed by atoms with Crippen LogP contribution in [0.4, 0.5) is 15.8 Å². The van der Waals surface area contributed by atoms with E-state index < -0.39 is 0 Å². The van der Waals surface area contributed by atoms with Crippen LogP contribution in [0.25, 0.3) is 0 Å². The fraction of sp³-hybridized carbons (Fsp3) is 0.200. The molecular weight excluding hydrogens is 393 g/mol. The smallest absolute Gasteiger partial charge is 0.244 e. The molecule has 3 aromatic carbocycles. The van der Waals surface area contributed by atoms with Crippen LogP contribution in [0.1, 0.15) is 29.7 Å². The summed E-state index contributed by atoms with van der Waals surface area (Å²) in [4.78, 5) is 26.6. The number of hydrogen-bond acceptors (Lipinski definition) is 3. The normalized spacial score (nSPS) is 14.0. The molecule has 0 aromatic heterocycles. The molecule has 1 heterocycles. The topological polar surface area (TPSA) is 61.4 Å². The molecule has 158 valence electrons. The van der Waals surface area contributed by atoms with Crippen LogP contribution in [0.15, 0.2) is 72.8 Å². The number of para-hydroxylation sites is 2. The van der Waals surface area contributed by atoms with Crippen LogP contribution < -0.4 is 15.5 Å². The number of aryl methyl sites for hydroxylation is 1. The van der Waals surface area contributed by atoms with Crippen molar-refractivity contribution < 1.29 is 14.0 Å². The second-order valence-electron chi connectivity index (χ2n) is 7.51. The van der Waals surface area contributed by atoms with Gasteiger partial charge in [0.05, 0.1) is 24.0 Å². The first-order chi connectivity index (χ1) is 15.0. The van der Waals surface area contributed by atoms with Crippen molar-refractivity contribution >= 4 is 23.2 Å². The second kappa shape index (κ2) is 9.10. The number of rotatable bonds is 6. The van der Waals surface area contributed by atoms with Gasteiger partial charge in [-0.3, -0.25) is 19.8 Å². The monoisotopic (exact) mass is 417 g/mol. The van der Waals surface area contributed by atoms with Crippen molar-refractivity contribution in [3.05, 3.63) is 95.3 Å². The van der Waals surface area contributed by atoms with E-state index >= 15 is 0 Å². The van der Waals surface area contributed by atoms with E-state index in [1.54, 1.807) is 18.2 Å². The summed E-state index contributed by atoms with van der Waals surface area (Å²) in [7, 11) is 0. The summed E-state index contributed by atoms with van der Waals surface area (Å²) >= 11 is 0. The molecule has 1 atom stereocenters. The summed E-state index contributed by atoms with van der Waals surface area (Å²) in [6, 6.07) is 21.3. The van der Waals surface area contributed by atoms with Crippen LogP contribution in [0.3, 0.4) is 0 Å². The number of hydrogen-bond donors (Lipinski definition) is 2. The van der Waals surface area contributed by atoms with Gasteiger partial charge in [0.15, 0.2) is 0 Å². The molecular formula is C25H24FN3O2. The fourth-order valence-corrected chi connectivity index (χ4v) is 3.80. The van der Waals surface area contributed by atoms with E-state index in [9.17, 15) is 14.0 Å². The van der Waals surface area contributed by atoms with E-state index in [0.29, 0.717) is 11.4 Å². The lowest BCUT2D eigenvalue weighted by Gasteiger charge is -2.30. The zero-order valence-electron chi connectivity index (χ0n) is 17.3. The molecule has 0 fully saturated rings. The Labute approximate surface area is 180 Å². The number of anilines is 2. The maximum absolute atomic E-state index is 13.9. The Balaban J connectivity index is 1.57. The zero-order valence-corrected chi connectivity index (χ0v) is 17.3. The number of carbonyl (C=O) groups excluding carboxylic acids is 2. The van der Waals surface area contributed by atoms with E-state index in [-0.39, 0.29) is 36.8 Å². The van der Waals surface area contributed by atoms with Gasteiger partial charge in [-0.25, -0.2) is 4.39 Å².